The molecule has 1 aromatic carbocycles. The predicted octanol–water partition coefficient (Wildman–Crippen LogP) is 4.18. The maximum Gasteiger partial charge on any atom is -0.0150 e. The van der Waals surface area contributed by atoms with Gasteiger partial charge in [-0.3, -0.25) is 0 Å². The van der Waals surface area contributed by atoms with E-state index in [1.807, 2.05) is 0 Å². The Morgan fingerprint density at radius 1 is 0.933 bits per heavy atom. The average molecular weight is 200 g/mol. The Hall–Kier alpha value is -0.780. The number of hydrogen-bond acceptors (Lipinski definition) is 0. The summed E-state index contributed by atoms with van der Waals surface area (Å²) in [6.07, 6.45) is 6.81. The summed E-state index contributed by atoms with van der Waals surface area (Å²) in [4.78, 5) is 0. The molecule has 0 amide bonds. The molecular formula is C15H20. The van der Waals surface area contributed by atoms with Crippen LogP contribution in [0.5, 0.6) is 0 Å². The standard InChI is InChI=1S/C15H20/c1-3-10-5-6-11(4-2)15-13-8-7-12(9-13)14(10)15/h5-6,12-13H,3-4,7-9H2,1-2H3. The van der Waals surface area contributed by atoms with Crippen LogP contribution in [0.2, 0.25) is 0 Å². The van der Waals surface area contributed by atoms with Crippen molar-refractivity contribution in [1.29, 1.82) is 0 Å². The van der Waals surface area contributed by atoms with Gasteiger partial charge in [-0.05, 0) is 66.2 Å². The van der Waals surface area contributed by atoms with Crippen LogP contribution in [0.3, 0.4) is 0 Å². The minimum Gasteiger partial charge on any atom is -0.0613 e. The van der Waals surface area contributed by atoms with E-state index in [-0.39, 0.29) is 0 Å². The largest absolute Gasteiger partial charge is 0.0613 e. The number of rotatable bonds is 2. The van der Waals surface area contributed by atoms with E-state index in [1.165, 1.54) is 32.1 Å². The average Bonchev–Trinajstić information content (AvgIpc) is 2.88. The summed E-state index contributed by atoms with van der Waals surface area (Å²) in [5.41, 5.74) is 6.81. The molecule has 2 unspecified atom stereocenters. The first kappa shape index (κ1) is 9.45. The molecule has 2 aliphatic rings. The van der Waals surface area contributed by atoms with Gasteiger partial charge in [0.1, 0.15) is 0 Å². The van der Waals surface area contributed by atoms with E-state index in [4.69, 9.17) is 0 Å². The fourth-order valence-corrected chi connectivity index (χ4v) is 3.81. The van der Waals surface area contributed by atoms with Gasteiger partial charge in [0.25, 0.3) is 0 Å². The molecule has 0 heterocycles. The fraction of sp³-hybridized carbons (Fsp3) is 0.600. The topological polar surface area (TPSA) is 0 Å². The Morgan fingerprint density at radius 2 is 1.40 bits per heavy atom. The van der Waals surface area contributed by atoms with Crippen LogP contribution in [0, 0.1) is 0 Å². The lowest BCUT2D eigenvalue weighted by atomic mass is 9.84. The molecule has 15 heavy (non-hydrogen) atoms. The SMILES string of the molecule is CCc1ccc(CC)c2c1C1CCC2C1. The van der Waals surface area contributed by atoms with E-state index < -0.39 is 0 Å². The van der Waals surface area contributed by atoms with Gasteiger partial charge in [-0.25, -0.2) is 0 Å². The van der Waals surface area contributed by atoms with Crippen molar-refractivity contribution in [2.75, 3.05) is 0 Å². The van der Waals surface area contributed by atoms with Crippen molar-refractivity contribution >= 4 is 0 Å². The van der Waals surface area contributed by atoms with Crippen molar-refractivity contribution in [2.24, 2.45) is 0 Å². The second-order valence-electron chi connectivity index (χ2n) is 5.13. The van der Waals surface area contributed by atoms with Gasteiger partial charge in [0, 0.05) is 0 Å². The van der Waals surface area contributed by atoms with Crippen LogP contribution in [0.25, 0.3) is 0 Å². The summed E-state index contributed by atoms with van der Waals surface area (Å²) < 4.78 is 0. The van der Waals surface area contributed by atoms with Crippen molar-refractivity contribution in [3.63, 3.8) is 0 Å². The zero-order chi connectivity index (χ0) is 10.4. The minimum atomic E-state index is 0.923. The Morgan fingerprint density at radius 3 is 1.80 bits per heavy atom. The summed E-state index contributed by atoms with van der Waals surface area (Å²) >= 11 is 0. The molecule has 0 nitrogen and oxygen atoms in total. The lowest BCUT2D eigenvalue weighted by Crippen LogP contribution is -2.05. The van der Waals surface area contributed by atoms with Crippen LogP contribution in [-0.4, -0.2) is 0 Å². The molecule has 80 valence electrons. The third-order valence-corrected chi connectivity index (χ3v) is 4.48. The lowest BCUT2D eigenvalue weighted by molar-refractivity contribution is 0.703. The number of fused-ring (bicyclic) bond motifs is 5. The summed E-state index contributed by atoms with van der Waals surface area (Å²) in [6, 6.07) is 4.77. The second kappa shape index (κ2) is 3.37. The number of hydrogen-bond donors (Lipinski definition) is 0. The van der Waals surface area contributed by atoms with Crippen LogP contribution in [0.1, 0.15) is 67.2 Å². The van der Waals surface area contributed by atoms with Crippen molar-refractivity contribution in [2.45, 2.75) is 57.8 Å². The molecule has 2 atom stereocenters. The molecule has 0 N–H and O–H groups in total. The van der Waals surface area contributed by atoms with Gasteiger partial charge >= 0.3 is 0 Å². The van der Waals surface area contributed by atoms with E-state index >= 15 is 0 Å². The quantitative estimate of drug-likeness (QED) is 0.672. The van der Waals surface area contributed by atoms with Crippen LogP contribution < -0.4 is 0 Å². The highest BCUT2D eigenvalue weighted by Gasteiger charge is 2.39. The first-order valence-electron chi connectivity index (χ1n) is 6.49. The Labute approximate surface area is 92.7 Å². The third-order valence-electron chi connectivity index (χ3n) is 4.48. The molecule has 1 saturated carbocycles. The molecule has 0 spiro atoms. The third kappa shape index (κ3) is 1.20. The van der Waals surface area contributed by atoms with Gasteiger partial charge in [0.2, 0.25) is 0 Å². The summed E-state index contributed by atoms with van der Waals surface area (Å²) in [5, 5.41) is 0. The smallest absolute Gasteiger partial charge is 0.0150 e. The van der Waals surface area contributed by atoms with Gasteiger partial charge in [-0.2, -0.15) is 0 Å². The maximum atomic E-state index is 2.39. The van der Waals surface area contributed by atoms with Crippen molar-refractivity contribution < 1.29 is 0 Å². The molecule has 1 fully saturated rings. The molecule has 0 saturated heterocycles. The molecule has 0 aromatic heterocycles. The van der Waals surface area contributed by atoms with E-state index in [0.717, 1.165) is 11.8 Å². The van der Waals surface area contributed by atoms with Gasteiger partial charge in [0.15, 0.2) is 0 Å². The minimum absolute atomic E-state index is 0.923. The molecular weight excluding hydrogens is 180 g/mol. The highest BCUT2D eigenvalue weighted by molar-refractivity contribution is 5.50. The molecule has 0 heteroatoms. The Balaban J connectivity index is 2.21. The van der Waals surface area contributed by atoms with Gasteiger partial charge in [0.05, 0.1) is 0 Å². The lowest BCUT2D eigenvalue weighted by Gasteiger charge is -2.21. The van der Waals surface area contributed by atoms with E-state index in [9.17, 15) is 0 Å². The first-order chi connectivity index (χ1) is 7.35. The second-order valence-corrected chi connectivity index (χ2v) is 5.13. The van der Waals surface area contributed by atoms with Gasteiger partial charge in [-0.1, -0.05) is 26.0 Å². The summed E-state index contributed by atoms with van der Waals surface area (Å²) in [7, 11) is 0. The van der Waals surface area contributed by atoms with E-state index in [0.29, 0.717) is 0 Å². The van der Waals surface area contributed by atoms with Crippen LogP contribution >= 0.6 is 0 Å². The van der Waals surface area contributed by atoms with Gasteiger partial charge in [-0.15, -0.1) is 0 Å². The van der Waals surface area contributed by atoms with E-state index in [1.54, 1.807) is 22.3 Å². The highest BCUT2D eigenvalue weighted by atomic mass is 14.4. The number of aryl methyl sites for hydroxylation is 2. The maximum absolute atomic E-state index is 2.39. The molecule has 1 aromatic rings. The van der Waals surface area contributed by atoms with Crippen LogP contribution in [-0.2, 0) is 12.8 Å². The Kier molecular flexibility index (Phi) is 2.12. The normalized spacial score (nSPS) is 27.1. The first-order valence-corrected chi connectivity index (χ1v) is 6.49. The highest BCUT2D eigenvalue weighted by Crippen LogP contribution is 2.55. The van der Waals surface area contributed by atoms with Crippen molar-refractivity contribution in [3.8, 4) is 0 Å². The van der Waals surface area contributed by atoms with Crippen molar-refractivity contribution in [3.05, 3.63) is 34.4 Å². The molecule has 2 bridgehead atoms. The molecule has 3 rings (SSSR count). The number of benzene rings is 1. The molecule has 0 radical (unpaired) electrons. The van der Waals surface area contributed by atoms with Crippen LogP contribution in [0.4, 0.5) is 0 Å². The van der Waals surface area contributed by atoms with Crippen molar-refractivity contribution in [1.82, 2.24) is 0 Å². The molecule has 2 aliphatic carbocycles. The predicted molar refractivity (Wildman–Crippen MR) is 64.5 cm³/mol. The van der Waals surface area contributed by atoms with E-state index in [2.05, 4.69) is 26.0 Å². The zero-order valence-corrected chi connectivity index (χ0v) is 9.84. The fourth-order valence-electron chi connectivity index (χ4n) is 3.81. The summed E-state index contributed by atoms with van der Waals surface area (Å²) in [5.74, 6) is 1.85. The monoisotopic (exact) mass is 200 g/mol. The Bertz CT molecular complexity index is 352. The molecule has 0 aliphatic heterocycles. The van der Waals surface area contributed by atoms with Gasteiger partial charge < -0.3 is 0 Å². The zero-order valence-electron chi connectivity index (χ0n) is 9.84. The summed E-state index contributed by atoms with van der Waals surface area (Å²) in [6.45, 7) is 4.60. The van der Waals surface area contributed by atoms with Crippen LogP contribution in [0.15, 0.2) is 12.1 Å².